The van der Waals surface area contributed by atoms with E-state index in [0.717, 1.165) is 0 Å². The summed E-state index contributed by atoms with van der Waals surface area (Å²) in [7, 11) is -3.56. The molecule has 104 valence electrons. The molecule has 2 fully saturated rings. The number of carbonyl (C=O) groups is 1. The van der Waals surface area contributed by atoms with Crippen molar-refractivity contribution in [2.45, 2.75) is 42.9 Å². The molecule has 1 aliphatic heterocycles. The summed E-state index contributed by atoms with van der Waals surface area (Å²) < 4.78 is 25.7. The standard InChI is InChI=1S/C12H17N3O3S/c1-11(3-4-11)19(17,18)14-10(16)12(5-6-12)15-8-2-7-13-9-15/h2,7-8H,3-6,9H2,1H3,(H,14,16). The molecule has 1 N–H and O–H groups in total. The molecule has 7 heteroatoms. The lowest BCUT2D eigenvalue weighted by Gasteiger charge is -2.29. The average molecular weight is 283 g/mol. The Bertz CT molecular complexity index is 571. The third kappa shape index (κ3) is 1.96. The Kier molecular flexibility index (Phi) is 2.54. The Hall–Kier alpha value is -1.37. The van der Waals surface area contributed by atoms with E-state index in [-0.39, 0.29) is 0 Å². The lowest BCUT2D eigenvalue weighted by atomic mass is 10.2. The van der Waals surface area contributed by atoms with Crippen molar-refractivity contribution in [1.29, 1.82) is 0 Å². The number of hydrogen-bond donors (Lipinski definition) is 1. The first-order valence-corrected chi connectivity index (χ1v) is 7.88. The second kappa shape index (κ2) is 3.82. The van der Waals surface area contributed by atoms with E-state index in [1.807, 2.05) is 4.90 Å². The monoisotopic (exact) mass is 283 g/mol. The van der Waals surface area contributed by atoms with Crippen LogP contribution in [0.2, 0.25) is 0 Å². The summed E-state index contributed by atoms with van der Waals surface area (Å²) in [4.78, 5) is 18.2. The van der Waals surface area contributed by atoms with E-state index in [2.05, 4.69) is 9.71 Å². The fourth-order valence-electron chi connectivity index (χ4n) is 2.21. The zero-order chi connectivity index (χ0) is 13.7. The Morgan fingerprint density at radius 1 is 1.32 bits per heavy atom. The normalized spacial score (nSPS) is 26.1. The summed E-state index contributed by atoms with van der Waals surface area (Å²) in [6.45, 7) is 2.08. The highest BCUT2D eigenvalue weighted by Gasteiger charge is 2.58. The molecule has 19 heavy (non-hydrogen) atoms. The predicted molar refractivity (Wildman–Crippen MR) is 71.0 cm³/mol. The fraction of sp³-hybridized carbons (Fsp3) is 0.667. The van der Waals surface area contributed by atoms with Gasteiger partial charge in [-0.15, -0.1) is 0 Å². The van der Waals surface area contributed by atoms with Gasteiger partial charge in [0.15, 0.2) is 0 Å². The minimum Gasteiger partial charge on any atom is -0.344 e. The van der Waals surface area contributed by atoms with Gasteiger partial charge in [0.1, 0.15) is 12.2 Å². The van der Waals surface area contributed by atoms with E-state index in [1.165, 1.54) is 0 Å². The van der Waals surface area contributed by atoms with Crippen molar-refractivity contribution >= 4 is 22.1 Å². The number of sulfonamides is 1. The van der Waals surface area contributed by atoms with Crippen LogP contribution in [0.3, 0.4) is 0 Å². The molecule has 2 aliphatic carbocycles. The lowest BCUT2D eigenvalue weighted by molar-refractivity contribution is -0.125. The number of carbonyl (C=O) groups excluding carboxylic acids is 1. The minimum absolute atomic E-state index is 0.404. The maximum absolute atomic E-state index is 12.3. The van der Waals surface area contributed by atoms with E-state index >= 15 is 0 Å². The number of rotatable bonds is 4. The van der Waals surface area contributed by atoms with Crippen LogP contribution in [0.4, 0.5) is 0 Å². The number of aliphatic imine (C=N–C) groups is 1. The van der Waals surface area contributed by atoms with E-state index in [0.29, 0.717) is 32.4 Å². The Labute approximate surface area is 112 Å². The van der Waals surface area contributed by atoms with E-state index < -0.39 is 26.2 Å². The number of amides is 1. The maximum Gasteiger partial charge on any atom is 0.259 e. The molecule has 0 atom stereocenters. The van der Waals surface area contributed by atoms with Gasteiger partial charge in [0.2, 0.25) is 10.0 Å². The number of hydrogen-bond acceptors (Lipinski definition) is 5. The van der Waals surface area contributed by atoms with Crippen molar-refractivity contribution in [2.24, 2.45) is 4.99 Å². The molecular weight excluding hydrogens is 266 g/mol. The molecule has 6 nitrogen and oxygen atoms in total. The van der Waals surface area contributed by atoms with Gasteiger partial charge >= 0.3 is 0 Å². The first kappa shape index (κ1) is 12.7. The lowest BCUT2D eigenvalue weighted by Crippen LogP contribution is -2.51. The second-order valence-electron chi connectivity index (χ2n) is 5.70. The van der Waals surface area contributed by atoms with Crippen LogP contribution in [0.15, 0.2) is 17.3 Å². The van der Waals surface area contributed by atoms with Crippen LogP contribution in [0.1, 0.15) is 32.6 Å². The molecule has 0 unspecified atom stereocenters. The first-order valence-electron chi connectivity index (χ1n) is 6.40. The molecule has 0 aromatic heterocycles. The summed E-state index contributed by atoms with van der Waals surface area (Å²) in [6, 6.07) is 0. The van der Waals surface area contributed by atoms with Crippen LogP contribution in [0.5, 0.6) is 0 Å². The zero-order valence-corrected chi connectivity index (χ0v) is 11.6. The predicted octanol–water partition coefficient (Wildman–Crippen LogP) is 0.375. The Morgan fingerprint density at radius 2 is 2.00 bits per heavy atom. The highest BCUT2D eigenvalue weighted by Crippen LogP contribution is 2.45. The van der Waals surface area contributed by atoms with Crippen LogP contribution >= 0.6 is 0 Å². The van der Waals surface area contributed by atoms with Gasteiger partial charge in [0, 0.05) is 12.4 Å². The molecule has 3 aliphatic rings. The third-order valence-electron chi connectivity index (χ3n) is 4.22. The molecule has 0 spiro atoms. The highest BCUT2D eigenvalue weighted by atomic mass is 32.2. The zero-order valence-electron chi connectivity index (χ0n) is 10.8. The minimum atomic E-state index is -3.56. The fourth-order valence-corrected chi connectivity index (χ4v) is 3.53. The van der Waals surface area contributed by atoms with Gasteiger partial charge in [-0.3, -0.25) is 14.5 Å². The summed E-state index contributed by atoms with van der Waals surface area (Å²) >= 11 is 0. The maximum atomic E-state index is 12.3. The smallest absolute Gasteiger partial charge is 0.259 e. The quantitative estimate of drug-likeness (QED) is 0.808. The summed E-state index contributed by atoms with van der Waals surface area (Å²) in [6.07, 6.45) is 7.81. The molecule has 0 aromatic carbocycles. The van der Waals surface area contributed by atoms with Gasteiger partial charge in [-0.2, -0.15) is 0 Å². The summed E-state index contributed by atoms with van der Waals surface area (Å²) in [5.41, 5.74) is -0.716. The van der Waals surface area contributed by atoms with Crippen LogP contribution in [0.25, 0.3) is 0 Å². The van der Waals surface area contributed by atoms with Crippen molar-refractivity contribution in [1.82, 2.24) is 9.62 Å². The van der Waals surface area contributed by atoms with Crippen molar-refractivity contribution in [2.75, 3.05) is 6.67 Å². The first-order chi connectivity index (χ1) is 8.90. The van der Waals surface area contributed by atoms with Crippen molar-refractivity contribution in [3.8, 4) is 0 Å². The number of allylic oxidation sites excluding steroid dienone is 1. The molecule has 0 radical (unpaired) electrons. The SMILES string of the molecule is CC1(S(=O)(=O)NC(=O)C2(N3C=CC=NC3)CC2)CC1. The highest BCUT2D eigenvalue weighted by molar-refractivity contribution is 7.91. The van der Waals surface area contributed by atoms with Crippen molar-refractivity contribution in [3.63, 3.8) is 0 Å². The van der Waals surface area contributed by atoms with Crippen LogP contribution < -0.4 is 4.72 Å². The van der Waals surface area contributed by atoms with Crippen molar-refractivity contribution < 1.29 is 13.2 Å². The van der Waals surface area contributed by atoms with E-state index in [9.17, 15) is 13.2 Å². The molecule has 0 saturated heterocycles. The van der Waals surface area contributed by atoms with E-state index in [4.69, 9.17) is 0 Å². The summed E-state index contributed by atoms with van der Waals surface area (Å²) in [5, 5.41) is 0. The molecule has 1 amide bonds. The molecule has 0 bridgehead atoms. The largest absolute Gasteiger partial charge is 0.344 e. The van der Waals surface area contributed by atoms with E-state index in [1.54, 1.807) is 25.4 Å². The molecule has 3 rings (SSSR count). The molecule has 1 heterocycles. The Morgan fingerprint density at radius 3 is 2.47 bits per heavy atom. The van der Waals surface area contributed by atoms with Crippen LogP contribution in [-0.2, 0) is 14.8 Å². The van der Waals surface area contributed by atoms with Gasteiger partial charge in [0.05, 0.1) is 4.75 Å². The Balaban J connectivity index is 1.74. The topological polar surface area (TPSA) is 78.8 Å². The van der Waals surface area contributed by atoms with Gasteiger partial charge in [-0.25, -0.2) is 8.42 Å². The average Bonchev–Trinajstić information content (AvgIpc) is 3.24. The second-order valence-corrected chi connectivity index (χ2v) is 7.90. The van der Waals surface area contributed by atoms with Gasteiger partial charge in [-0.05, 0) is 38.7 Å². The molecular formula is C12H17N3O3S. The van der Waals surface area contributed by atoms with Crippen LogP contribution in [0, 0.1) is 0 Å². The van der Waals surface area contributed by atoms with Crippen molar-refractivity contribution in [3.05, 3.63) is 12.3 Å². The molecule has 2 saturated carbocycles. The number of nitrogens with one attached hydrogen (secondary N) is 1. The van der Waals surface area contributed by atoms with Gasteiger partial charge in [-0.1, -0.05) is 0 Å². The van der Waals surface area contributed by atoms with Gasteiger partial charge < -0.3 is 4.90 Å². The van der Waals surface area contributed by atoms with Gasteiger partial charge in [0.25, 0.3) is 5.91 Å². The van der Waals surface area contributed by atoms with Crippen LogP contribution in [-0.4, -0.2) is 42.4 Å². The molecule has 0 aromatic rings. The number of nitrogens with zero attached hydrogens (tertiary/aromatic N) is 2. The third-order valence-corrected chi connectivity index (χ3v) is 6.38. The summed E-state index contributed by atoms with van der Waals surface area (Å²) in [5.74, 6) is -0.414.